The highest BCUT2D eigenvalue weighted by Gasteiger charge is 2.26. The zero-order valence-electron chi connectivity index (χ0n) is 28.6. The van der Waals surface area contributed by atoms with Crippen LogP contribution in [0.5, 0.6) is 0 Å². The highest BCUT2D eigenvalue weighted by Crippen LogP contribution is 2.43. The second kappa shape index (κ2) is 12.6. The van der Waals surface area contributed by atoms with E-state index in [9.17, 15) is 0 Å². The number of anilines is 2. The zero-order valence-corrected chi connectivity index (χ0v) is 28.6. The van der Waals surface area contributed by atoms with E-state index in [4.69, 9.17) is 4.42 Å². The minimum absolute atomic E-state index is 0.195. The van der Waals surface area contributed by atoms with Gasteiger partial charge in [0.2, 0.25) is 0 Å². The molecule has 9 aromatic rings. The maximum absolute atomic E-state index is 6.17. The molecule has 0 spiro atoms. The molecule has 1 aromatic heterocycles. The number of allylic oxidation sites excluding steroid dienone is 4. The van der Waals surface area contributed by atoms with E-state index >= 15 is 0 Å². The monoisotopic (exact) mass is 665 g/mol. The van der Waals surface area contributed by atoms with E-state index < -0.39 is 0 Å². The second-order valence-corrected chi connectivity index (χ2v) is 13.6. The molecule has 0 saturated heterocycles. The fourth-order valence-corrected chi connectivity index (χ4v) is 8.11. The van der Waals surface area contributed by atoms with Crippen molar-refractivity contribution >= 4 is 54.9 Å². The topological polar surface area (TPSA) is 16.4 Å². The molecule has 10 rings (SSSR count). The Morgan fingerprint density at radius 1 is 0.462 bits per heavy atom. The Hall–Kier alpha value is -6.64. The Balaban J connectivity index is 1.06. The molecule has 8 aromatic carbocycles. The van der Waals surface area contributed by atoms with Gasteiger partial charge in [-0.05, 0) is 104 Å². The van der Waals surface area contributed by atoms with Gasteiger partial charge < -0.3 is 9.32 Å². The minimum Gasteiger partial charge on any atom is -0.456 e. The summed E-state index contributed by atoms with van der Waals surface area (Å²) in [4.78, 5) is 2.45. The molecule has 0 saturated carbocycles. The molecule has 0 radical (unpaired) electrons. The van der Waals surface area contributed by atoms with Gasteiger partial charge in [-0.25, -0.2) is 0 Å². The van der Waals surface area contributed by atoms with Gasteiger partial charge in [-0.15, -0.1) is 0 Å². The molecule has 1 unspecified atom stereocenters. The third-order valence-corrected chi connectivity index (χ3v) is 10.6. The van der Waals surface area contributed by atoms with Crippen LogP contribution in [0.2, 0.25) is 0 Å². The lowest BCUT2D eigenvalue weighted by atomic mass is 9.85. The zero-order chi connectivity index (χ0) is 34.4. The molecule has 52 heavy (non-hydrogen) atoms. The van der Waals surface area contributed by atoms with Crippen LogP contribution in [0.15, 0.2) is 204 Å². The summed E-state index contributed by atoms with van der Waals surface area (Å²) in [5.74, 6) is 0.195. The summed E-state index contributed by atoms with van der Waals surface area (Å²) in [7, 11) is 0. The summed E-state index contributed by atoms with van der Waals surface area (Å²) in [6, 6.07) is 63.5. The minimum atomic E-state index is 0.195. The predicted octanol–water partition coefficient (Wildman–Crippen LogP) is 14.0. The lowest BCUT2D eigenvalue weighted by Crippen LogP contribution is -2.23. The second-order valence-electron chi connectivity index (χ2n) is 13.6. The Kier molecular flexibility index (Phi) is 7.32. The quantitative estimate of drug-likeness (QED) is 0.176. The first-order chi connectivity index (χ1) is 25.8. The first kappa shape index (κ1) is 30.2. The normalized spacial score (nSPS) is 14.3. The maximum Gasteiger partial charge on any atom is 0.136 e. The van der Waals surface area contributed by atoms with Gasteiger partial charge in [0.1, 0.15) is 11.2 Å². The van der Waals surface area contributed by atoms with Gasteiger partial charge in [-0.2, -0.15) is 0 Å². The van der Waals surface area contributed by atoms with Crippen LogP contribution in [0.4, 0.5) is 11.4 Å². The Morgan fingerprint density at radius 3 is 1.92 bits per heavy atom. The van der Waals surface area contributed by atoms with Crippen LogP contribution in [0.3, 0.4) is 0 Å². The number of furan rings is 1. The van der Waals surface area contributed by atoms with E-state index in [2.05, 4.69) is 187 Å². The highest BCUT2D eigenvalue weighted by molar-refractivity contribution is 6.19. The van der Waals surface area contributed by atoms with Gasteiger partial charge in [-0.1, -0.05) is 146 Å². The molecule has 1 heterocycles. The van der Waals surface area contributed by atoms with Crippen LogP contribution in [0, 0.1) is 0 Å². The fourth-order valence-electron chi connectivity index (χ4n) is 8.11. The molecule has 1 aliphatic rings. The number of para-hydroxylation sites is 1. The predicted molar refractivity (Wildman–Crippen MR) is 219 cm³/mol. The lowest BCUT2D eigenvalue weighted by Gasteiger charge is -2.34. The maximum atomic E-state index is 6.17. The number of fused-ring (bicyclic) bond motifs is 6. The van der Waals surface area contributed by atoms with E-state index in [1.807, 2.05) is 12.1 Å². The molecule has 1 aliphatic carbocycles. The molecule has 2 heteroatoms. The van der Waals surface area contributed by atoms with Crippen LogP contribution in [-0.2, 0) is 0 Å². The molecule has 246 valence electrons. The standard InChI is InChI=1S/C50H35NO/c1-2-11-34(12-3-1)35-21-27-40(28-22-35)51(47-19-8-6-16-45(47)44-18-10-14-37-13-4-5-15-42(37)44)41-29-23-36(24-30-41)38-25-31-43-39(33-38)26-32-49-50(43)46-17-7-9-20-48(46)52-49/h1-15,17-33,45H,16H2. The van der Waals surface area contributed by atoms with Crippen molar-refractivity contribution in [3.63, 3.8) is 0 Å². The Labute approximate surface area is 303 Å². The number of rotatable bonds is 6. The van der Waals surface area contributed by atoms with E-state index in [1.54, 1.807) is 0 Å². The average Bonchev–Trinajstić information content (AvgIpc) is 3.61. The third-order valence-electron chi connectivity index (χ3n) is 10.6. The summed E-state index contributed by atoms with van der Waals surface area (Å²) in [6.07, 6.45) is 7.76. The number of nitrogens with zero attached hydrogens (tertiary/aromatic N) is 1. The van der Waals surface area contributed by atoms with Crippen molar-refractivity contribution in [3.05, 3.63) is 205 Å². The van der Waals surface area contributed by atoms with Gasteiger partial charge in [-0.3, -0.25) is 0 Å². The Bertz CT molecular complexity index is 2800. The van der Waals surface area contributed by atoms with Crippen molar-refractivity contribution in [1.29, 1.82) is 0 Å². The summed E-state index contributed by atoms with van der Waals surface area (Å²) in [6.45, 7) is 0. The molecule has 0 fully saturated rings. The van der Waals surface area contributed by atoms with E-state index in [0.29, 0.717) is 0 Å². The van der Waals surface area contributed by atoms with Crippen LogP contribution in [-0.4, -0.2) is 0 Å². The molecule has 0 bridgehead atoms. The van der Waals surface area contributed by atoms with Crippen molar-refractivity contribution in [2.24, 2.45) is 0 Å². The van der Waals surface area contributed by atoms with Crippen molar-refractivity contribution in [3.8, 4) is 22.3 Å². The molecule has 0 amide bonds. The average molecular weight is 666 g/mol. The van der Waals surface area contributed by atoms with E-state index in [1.165, 1.54) is 60.4 Å². The number of benzene rings is 8. The number of hydrogen-bond donors (Lipinski definition) is 0. The smallest absolute Gasteiger partial charge is 0.136 e. The molecule has 2 nitrogen and oxygen atoms in total. The molecule has 0 N–H and O–H groups in total. The van der Waals surface area contributed by atoms with Gasteiger partial charge in [0, 0.05) is 33.8 Å². The van der Waals surface area contributed by atoms with Gasteiger partial charge in [0.25, 0.3) is 0 Å². The first-order valence-corrected chi connectivity index (χ1v) is 18.0. The van der Waals surface area contributed by atoms with Crippen molar-refractivity contribution < 1.29 is 4.42 Å². The number of hydrogen-bond acceptors (Lipinski definition) is 2. The molecule has 0 aliphatic heterocycles. The van der Waals surface area contributed by atoms with E-state index in [0.717, 1.165) is 34.3 Å². The van der Waals surface area contributed by atoms with Gasteiger partial charge in [0.15, 0.2) is 0 Å². The summed E-state index contributed by atoms with van der Waals surface area (Å²) >= 11 is 0. The highest BCUT2D eigenvalue weighted by atomic mass is 16.3. The van der Waals surface area contributed by atoms with Crippen LogP contribution >= 0.6 is 0 Å². The summed E-state index contributed by atoms with van der Waals surface area (Å²) < 4.78 is 6.17. The van der Waals surface area contributed by atoms with Gasteiger partial charge in [0.05, 0.1) is 0 Å². The largest absolute Gasteiger partial charge is 0.456 e. The fraction of sp³-hybridized carbons (Fsp3) is 0.0400. The lowest BCUT2D eigenvalue weighted by molar-refractivity contribution is 0.669. The van der Waals surface area contributed by atoms with Crippen LogP contribution in [0.25, 0.3) is 65.7 Å². The molecular formula is C50H35NO. The first-order valence-electron chi connectivity index (χ1n) is 18.0. The van der Waals surface area contributed by atoms with Gasteiger partial charge >= 0.3 is 0 Å². The van der Waals surface area contributed by atoms with Crippen molar-refractivity contribution in [1.82, 2.24) is 0 Å². The van der Waals surface area contributed by atoms with Crippen molar-refractivity contribution in [2.75, 3.05) is 4.90 Å². The van der Waals surface area contributed by atoms with Crippen LogP contribution < -0.4 is 4.90 Å². The van der Waals surface area contributed by atoms with E-state index in [-0.39, 0.29) is 5.92 Å². The third kappa shape index (κ3) is 5.20. The molecule has 1 atom stereocenters. The molecular weight excluding hydrogens is 631 g/mol. The summed E-state index contributed by atoms with van der Waals surface area (Å²) in [5.41, 5.74) is 11.6. The van der Waals surface area contributed by atoms with Crippen molar-refractivity contribution in [2.45, 2.75) is 12.3 Å². The summed E-state index contributed by atoms with van der Waals surface area (Å²) in [5, 5.41) is 7.34. The van der Waals surface area contributed by atoms with Crippen LogP contribution in [0.1, 0.15) is 17.9 Å². The Morgan fingerprint density at radius 2 is 1.12 bits per heavy atom. The SMILES string of the molecule is C1=CCC(c2cccc3ccccc23)C(N(c2ccc(-c3ccccc3)cc2)c2ccc(-c3ccc4c(ccc5oc6ccccc6c54)c3)cc2)=C1.